The molecule has 2 atom stereocenters. The third-order valence-corrected chi connectivity index (χ3v) is 25.3. The lowest BCUT2D eigenvalue weighted by molar-refractivity contribution is 0.616. The third kappa shape index (κ3) is 2.72. The molecule has 1 rings (SSSR count). The molecule has 108 valence electrons. The highest BCUT2D eigenvalue weighted by Gasteiger charge is 2.50. The predicted molar refractivity (Wildman–Crippen MR) is 95.8 cm³/mol. The Balaban J connectivity index is 3.34. The molecule has 8 heteroatoms. The Bertz CT molecular complexity index is 363. The fraction of sp³-hybridized carbons (Fsp3) is 0.455. The largest absolute Gasteiger partial charge is 0.338 e. The summed E-state index contributed by atoms with van der Waals surface area (Å²) in [6.07, 6.45) is 0. The normalized spacial score (nSPS) is 43.4. The highest BCUT2D eigenvalue weighted by atomic mass is 28.5. The van der Waals surface area contributed by atoms with Crippen molar-refractivity contribution in [2.75, 3.05) is 14.1 Å². The summed E-state index contributed by atoms with van der Waals surface area (Å²) in [7, 11) is -1.51. The molecule has 0 saturated carbocycles. The highest BCUT2D eigenvalue weighted by Crippen LogP contribution is 2.25. The first kappa shape index (κ1) is 17.0. The van der Waals surface area contributed by atoms with Crippen molar-refractivity contribution < 1.29 is 0 Å². The highest BCUT2D eigenvalue weighted by molar-refractivity contribution is 7.03. The molecule has 1 saturated heterocycles. The van der Waals surface area contributed by atoms with Gasteiger partial charge in [-0.15, -0.1) is 19.7 Å². The quantitative estimate of drug-likeness (QED) is 0.736. The van der Waals surface area contributed by atoms with Crippen molar-refractivity contribution in [2.45, 2.75) is 19.6 Å². The van der Waals surface area contributed by atoms with Crippen molar-refractivity contribution in [2.24, 2.45) is 0 Å². The zero-order valence-corrected chi connectivity index (χ0v) is 17.4. The van der Waals surface area contributed by atoms with E-state index in [1.54, 1.807) is 0 Å². The number of rotatable bonds is 3. The summed E-state index contributed by atoms with van der Waals surface area (Å²) < 4.78 is 12.8. The summed E-state index contributed by atoms with van der Waals surface area (Å²) in [5.41, 5.74) is 6.46. The molecule has 2 unspecified atom stereocenters. The van der Waals surface area contributed by atoms with E-state index in [2.05, 4.69) is 88.3 Å². The van der Waals surface area contributed by atoms with E-state index in [1.165, 1.54) is 0 Å². The van der Waals surface area contributed by atoms with Gasteiger partial charge in [-0.3, -0.25) is 0 Å². The molecule has 2 N–H and O–H groups in total. The van der Waals surface area contributed by atoms with Crippen molar-refractivity contribution in [3.63, 3.8) is 0 Å². The van der Waals surface area contributed by atoms with Crippen LogP contribution in [0.4, 0.5) is 0 Å². The third-order valence-electron chi connectivity index (χ3n) is 4.83. The van der Waals surface area contributed by atoms with Crippen molar-refractivity contribution in [3.05, 3.63) is 36.8 Å². The summed E-state index contributed by atoms with van der Waals surface area (Å²) in [6, 6.07) is 0. The number of hydrogen-bond donors (Lipinski definition) is 2. The summed E-state index contributed by atoms with van der Waals surface area (Å²) >= 11 is 0. The van der Waals surface area contributed by atoms with E-state index in [-0.39, 0.29) is 0 Å². The van der Waals surface area contributed by atoms with Crippen molar-refractivity contribution in [1.29, 1.82) is 0 Å². The Morgan fingerprint density at radius 3 is 1.47 bits per heavy atom. The molecule has 4 nitrogen and oxygen atoms in total. The molecular weight excluding hydrogens is 300 g/mol. The van der Waals surface area contributed by atoms with Gasteiger partial charge >= 0.3 is 0 Å². The van der Waals surface area contributed by atoms with Crippen LogP contribution in [0.5, 0.6) is 0 Å². The molecule has 0 radical (unpaired) electrons. The lowest BCUT2D eigenvalue weighted by Crippen LogP contribution is -2.83. The number of nitrogens with one attached hydrogen (secondary N) is 2. The first-order valence-corrected chi connectivity index (χ1v) is 15.5. The zero-order chi connectivity index (χ0) is 14.9. The molecule has 19 heavy (non-hydrogen) atoms. The van der Waals surface area contributed by atoms with Gasteiger partial charge in [0, 0.05) is 0 Å². The minimum absolute atomic E-state index is 0.513. The van der Waals surface area contributed by atoms with Crippen molar-refractivity contribution in [3.8, 4) is 0 Å². The Hall–Kier alpha value is -0.0725. The van der Waals surface area contributed by atoms with Crippen LogP contribution in [0.2, 0.25) is 19.6 Å². The average Bonchev–Trinajstić information content (AvgIpc) is 2.43. The Morgan fingerprint density at radius 1 is 0.842 bits per heavy atom. The van der Waals surface area contributed by atoms with E-state index in [0.717, 1.165) is 0 Å². The van der Waals surface area contributed by atoms with Gasteiger partial charge in [-0.25, -0.2) is 0 Å². The second-order valence-corrected chi connectivity index (χ2v) is 20.4. The maximum Gasteiger partial charge on any atom is 0.217 e. The second kappa shape index (κ2) is 5.74. The van der Waals surface area contributed by atoms with E-state index >= 15 is 0 Å². The summed E-state index contributed by atoms with van der Waals surface area (Å²) in [6.45, 7) is 19.3. The van der Waals surface area contributed by atoms with Gasteiger partial charge in [0.1, 0.15) is 0 Å². The van der Waals surface area contributed by atoms with Crippen molar-refractivity contribution >= 4 is 35.0 Å². The first-order valence-electron chi connectivity index (χ1n) is 6.59. The molecule has 1 aliphatic rings. The summed E-state index contributed by atoms with van der Waals surface area (Å²) in [4.78, 5) is 0. The molecule has 1 fully saturated rings. The second-order valence-electron chi connectivity index (χ2n) is 5.65. The molecule has 0 spiro atoms. The maximum absolute atomic E-state index is 4.14. The molecular formula is C11H28N4Si4. The van der Waals surface area contributed by atoms with E-state index in [9.17, 15) is 0 Å². The summed E-state index contributed by atoms with van der Waals surface area (Å²) in [5, 5.41) is 0. The Labute approximate surface area is 123 Å². The molecule has 0 aromatic carbocycles. The van der Waals surface area contributed by atoms with Gasteiger partial charge in [0.25, 0.3) is 0 Å². The van der Waals surface area contributed by atoms with E-state index in [4.69, 9.17) is 0 Å². The molecule has 1 aliphatic heterocycles. The SMILES string of the molecule is C=C[Si]1(C)N[SiH2]N[Si](C)(C=C)N(C)[Si](C)(C=C)N1C. The Kier molecular flexibility index (Phi) is 5.13. The van der Waals surface area contributed by atoms with E-state index < -0.39 is 35.0 Å². The topological polar surface area (TPSA) is 30.5 Å². The lowest BCUT2D eigenvalue weighted by atomic mass is 11.3. The van der Waals surface area contributed by atoms with Gasteiger partial charge in [0.05, 0.1) is 0 Å². The van der Waals surface area contributed by atoms with Crippen LogP contribution in [0.25, 0.3) is 0 Å². The molecule has 1 heterocycles. The van der Waals surface area contributed by atoms with Crippen LogP contribution in [0.3, 0.4) is 0 Å². The van der Waals surface area contributed by atoms with Gasteiger partial charge in [-0.05, 0) is 33.7 Å². The smallest absolute Gasteiger partial charge is 0.217 e. The minimum atomic E-state index is -1.90. The fourth-order valence-corrected chi connectivity index (χ4v) is 22.3. The van der Waals surface area contributed by atoms with Crippen LogP contribution in [0.15, 0.2) is 36.8 Å². The van der Waals surface area contributed by atoms with Crippen molar-refractivity contribution in [1.82, 2.24) is 17.8 Å². The van der Waals surface area contributed by atoms with Gasteiger partial charge in [0.2, 0.25) is 25.2 Å². The van der Waals surface area contributed by atoms with E-state index in [1.807, 2.05) is 0 Å². The molecule has 0 amide bonds. The van der Waals surface area contributed by atoms with Crippen LogP contribution in [-0.2, 0) is 0 Å². The molecule has 0 aliphatic carbocycles. The maximum atomic E-state index is 4.14. The van der Waals surface area contributed by atoms with Crippen LogP contribution >= 0.6 is 0 Å². The number of hydrogen-bond acceptors (Lipinski definition) is 4. The first-order chi connectivity index (χ1) is 8.70. The average molecular weight is 329 g/mol. The molecule has 0 aromatic rings. The number of nitrogens with zero attached hydrogens (tertiary/aromatic N) is 2. The van der Waals surface area contributed by atoms with Gasteiger partial charge in [-0.1, -0.05) is 17.1 Å². The fourth-order valence-electron chi connectivity index (χ4n) is 2.50. The van der Waals surface area contributed by atoms with Gasteiger partial charge in [0.15, 0.2) is 9.84 Å². The minimum Gasteiger partial charge on any atom is -0.338 e. The lowest BCUT2D eigenvalue weighted by Gasteiger charge is -2.55. The zero-order valence-electron chi connectivity index (χ0n) is 13.0. The monoisotopic (exact) mass is 328 g/mol. The van der Waals surface area contributed by atoms with Crippen LogP contribution in [0.1, 0.15) is 0 Å². The molecule has 0 aromatic heterocycles. The van der Waals surface area contributed by atoms with Crippen LogP contribution in [-0.4, -0.2) is 57.6 Å². The molecule has 0 bridgehead atoms. The van der Waals surface area contributed by atoms with Gasteiger partial charge in [-0.2, -0.15) is 0 Å². The van der Waals surface area contributed by atoms with Crippen LogP contribution in [0, 0.1) is 0 Å². The Morgan fingerprint density at radius 2 is 1.21 bits per heavy atom. The summed E-state index contributed by atoms with van der Waals surface area (Å²) in [5.74, 6) is 0. The van der Waals surface area contributed by atoms with E-state index in [0.29, 0.717) is 0 Å². The van der Waals surface area contributed by atoms with Gasteiger partial charge < -0.3 is 17.8 Å². The predicted octanol–water partition coefficient (Wildman–Crippen LogP) is 0.433. The standard InChI is InChI=1S/C11H28N4Si4/c1-9-17(6)12-16-13-18(7,10-2)15(5)19(8,11-3)14(17)4/h9-13H,1-3,16H2,4-8H3. The van der Waals surface area contributed by atoms with Crippen LogP contribution < -0.4 is 9.30 Å².